The normalized spacial score (nSPS) is 14.8. The molecule has 0 aliphatic carbocycles. The molecular formula is C15H15ClN2O2. The highest BCUT2D eigenvalue weighted by Crippen LogP contribution is 2.30. The number of methoxy groups -OCH3 is 1. The first-order valence-corrected chi connectivity index (χ1v) is 7.00. The Hall–Kier alpha value is -1.81. The molecule has 1 saturated heterocycles. The topological polar surface area (TPSA) is 42.4 Å². The van der Waals surface area contributed by atoms with Crippen molar-refractivity contribution in [2.75, 3.05) is 20.2 Å². The van der Waals surface area contributed by atoms with Gasteiger partial charge in [-0.05, 0) is 36.4 Å². The molecule has 2 heterocycles. The highest BCUT2D eigenvalue weighted by Gasteiger charge is 2.23. The molecule has 20 heavy (non-hydrogen) atoms. The van der Waals surface area contributed by atoms with Gasteiger partial charge in [0.2, 0.25) is 0 Å². The van der Waals surface area contributed by atoms with Gasteiger partial charge in [0.25, 0.3) is 5.91 Å². The summed E-state index contributed by atoms with van der Waals surface area (Å²) < 4.78 is 5.36. The number of amides is 1. The van der Waals surface area contributed by atoms with Gasteiger partial charge in [-0.2, -0.15) is 0 Å². The number of halogens is 1. The highest BCUT2D eigenvalue weighted by molar-refractivity contribution is 6.34. The fraction of sp³-hybridized carbons (Fsp3) is 0.333. The standard InChI is InChI=1S/C15H15ClN2O2/c1-20-13-9-11-10(4-5-17-14(11)16)8-12(13)15(19)18-6-2-3-7-18/h4-5,8-9H,2-3,6-7H2,1H3. The van der Waals surface area contributed by atoms with E-state index in [0.29, 0.717) is 16.5 Å². The number of ether oxygens (including phenoxy) is 1. The fourth-order valence-electron chi connectivity index (χ4n) is 2.59. The molecule has 0 saturated carbocycles. The Morgan fingerprint density at radius 1 is 1.35 bits per heavy atom. The minimum absolute atomic E-state index is 0.0224. The van der Waals surface area contributed by atoms with E-state index in [1.54, 1.807) is 19.4 Å². The smallest absolute Gasteiger partial charge is 0.257 e. The summed E-state index contributed by atoms with van der Waals surface area (Å²) >= 11 is 6.08. The van der Waals surface area contributed by atoms with Gasteiger partial charge in [-0.25, -0.2) is 4.98 Å². The predicted molar refractivity (Wildman–Crippen MR) is 78.4 cm³/mol. The lowest BCUT2D eigenvalue weighted by Gasteiger charge is -2.17. The van der Waals surface area contributed by atoms with E-state index >= 15 is 0 Å². The molecule has 0 N–H and O–H groups in total. The summed E-state index contributed by atoms with van der Waals surface area (Å²) in [6.07, 6.45) is 3.77. The molecule has 2 aromatic rings. The average molecular weight is 291 g/mol. The zero-order valence-corrected chi connectivity index (χ0v) is 12.0. The molecule has 1 aromatic heterocycles. The number of nitrogens with zero attached hydrogens (tertiary/aromatic N) is 2. The molecule has 0 bridgehead atoms. The van der Waals surface area contributed by atoms with Gasteiger partial charge in [-0.1, -0.05) is 11.6 Å². The minimum Gasteiger partial charge on any atom is -0.496 e. The summed E-state index contributed by atoms with van der Waals surface area (Å²) in [6.45, 7) is 1.63. The number of carbonyl (C=O) groups is 1. The van der Waals surface area contributed by atoms with Crippen molar-refractivity contribution in [2.24, 2.45) is 0 Å². The second-order valence-corrected chi connectivity index (χ2v) is 5.23. The predicted octanol–water partition coefficient (Wildman–Crippen LogP) is 3.13. The number of hydrogen-bond acceptors (Lipinski definition) is 3. The molecule has 1 fully saturated rings. The van der Waals surface area contributed by atoms with E-state index in [-0.39, 0.29) is 5.91 Å². The van der Waals surface area contributed by atoms with E-state index in [9.17, 15) is 4.79 Å². The van der Waals surface area contributed by atoms with Crippen LogP contribution < -0.4 is 4.74 Å². The zero-order valence-electron chi connectivity index (χ0n) is 11.2. The third kappa shape index (κ3) is 2.20. The number of benzene rings is 1. The molecule has 4 nitrogen and oxygen atoms in total. The largest absolute Gasteiger partial charge is 0.496 e. The second-order valence-electron chi connectivity index (χ2n) is 4.87. The number of pyridine rings is 1. The quantitative estimate of drug-likeness (QED) is 0.798. The summed E-state index contributed by atoms with van der Waals surface area (Å²) in [4.78, 5) is 18.5. The van der Waals surface area contributed by atoms with E-state index in [0.717, 1.165) is 36.7 Å². The highest BCUT2D eigenvalue weighted by atomic mass is 35.5. The van der Waals surface area contributed by atoms with E-state index in [2.05, 4.69) is 4.98 Å². The lowest BCUT2D eigenvalue weighted by atomic mass is 10.1. The number of hydrogen-bond donors (Lipinski definition) is 0. The molecule has 0 radical (unpaired) electrons. The first-order chi connectivity index (χ1) is 9.70. The van der Waals surface area contributed by atoms with Crippen molar-refractivity contribution in [2.45, 2.75) is 12.8 Å². The molecule has 1 aliphatic heterocycles. The number of fused-ring (bicyclic) bond motifs is 1. The average Bonchev–Trinajstić information content (AvgIpc) is 3.00. The third-order valence-corrected chi connectivity index (χ3v) is 3.96. The van der Waals surface area contributed by atoms with Crippen LogP contribution in [0.5, 0.6) is 5.75 Å². The van der Waals surface area contributed by atoms with Crippen molar-refractivity contribution in [3.05, 3.63) is 35.1 Å². The Morgan fingerprint density at radius 2 is 2.10 bits per heavy atom. The number of likely N-dealkylation sites (tertiary alicyclic amines) is 1. The number of rotatable bonds is 2. The Balaban J connectivity index is 2.11. The number of aromatic nitrogens is 1. The van der Waals surface area contributed by atoms with Crippen LogP contribution in [0, 0.1) is 0 Å². The molecule has 1 aromatic carbocycles. The maximum atomic E-state index is 12.6. The summed E-state index contributed by atoms with van der Waals surface area (Å²) in [6, 6.07) is 5.47. The van der Waals surface area contributed by atoms with E-state index in [4.69, 9.17) is 16.3 Å². The van der Waals surface area contributed by atoms with Crippen LogP contribution in [0.15, 0.2) is 24.4 Å². The Kier molecular flexibility index (Phi) is 3.49. The van der Waals surface area contributed by atoms with Crippen LogP contribution in [-0.2, 0) is 0 Å². The summed E-state index contributed by atoms with van der Waals surface area (Å²) in [7, 11) is 1.56. The maximum absolute atomic E-state index is 12.6. The van der Waals surface area contributed by atoms with Crippen LogP contribution in [0.3, 0.4) is 0 Å². The molecule has 1 amide bonds. The monoisotopic (exact) mass is 290 g/mol. The minimum atomic E-state index is 0.0224. The van der Waals surface area contributed by atoms with E-state index in [1.807, 2.05) is 17.0 Å². The van der Waals surface area contributed by atoms with Crippen molar-refractivity contribution in [1.82, 2.24) is 9.88 Å². The van der Waals surface area contributed by atoms with Gasteiger partial charge in [-0.3, -0.25) is 4.79 Å². The molecule has 1 aliphatic rings. The summed E-state index contributed by atoms with van der Waals surface area (Å²) in [5.74, 6) is 0.568. The van der Waals surface area contributed by atoms with Crippen molar-refractivity contribution < 1.29 is 9.53 Å². The zero-order chi connectivity index (χ0) is 14.1. The molecular weight excluding hydrogens is 276 g/mol. The van der Waals surface area contributed by atoms with Crippen LogP contribution in [-0.4, -0.2) is 36.0 Å². The lowest BCUT2D eigenvalue weighted by molar-refractivity contribution is 0.0789. The van der Waals surface area contributed by atoms with Crippen molar-refractivity contribution in [3.8, 4) is 5.75 Å². The van der Waals surface area contributed by atoms with Crippen LogP contribution >= 0.6 is 11.6 Å². The molecule has 3 rings (SSSR count). The Bertz CT molecular complexity index is 666. The molecule has 0 spiro atoms. The summed E-state index contributed by atoms with van der Waals surface area (Å²) in [5.41, 5.74) is 0.587. The maximum Gasteiger partial charge on any atom is 0.257 e. The number of carbonyl (C=O) groups excluding carboxylic acids is 1. The fourth-order valence-corrected chi connectivity index (χ4v) is 2.81. The van der Waals surface area contributed by atoms with Gasteiger partial charge in [0.15, 0.2) is 0 Å². The van der Waals surface area contributed by atoms with Crippen molar-refractivity contribution in [3.63, 3.8) is 0 Å². The lowest BCUT2D eigenvalue weighted by Crippen LogP contribution is -2.27. The van der Waals surface area contributed by atoms with Gasteiger partial charge in [-0.15, -0.1) is 0 Å². The summed E-state index contributed by atoms with van der Waals surface area (Å²) in [5, 5.41) is 2.11. The second kappa shape index (κ2) is 5.29. The molecule has 0 unspecified atom stereocenters. The SMILES string of the molecule is COc1cc2c(Cl)nccc2cc1C(=O)N1CCCC1. The Morgan fingerprint density at radius 3 is 2.80 bits per heavy atom. The van der Waals surface area contributed by atoms with Gasteiger partial charge in [0.1, 0.15) is 10.9 Å². The third-order valence-electron chi connectivity index (χ3n) is 3.66. The van der Waals surface area contributed by atoms with Crippen LogP contribution in [0.25, 0.3) is 10.8 Å². The molecule has 5 heteroatoms. The van der Waals surface area contributed by atoms with Crippen LogP contribution in [0.4, 0.5) is 0 Å². The van der Waals surface area contributed by atoms with Crippen LogP contribution in [0.1, 0.15) is 23.2 Å². The first-order valence-electron chi connectivity index (χ1n) is 6.62. The van der Waals surface area contributed by atoms with Gasteiger partial charge in [0.05, 0.1) is 12.7 Å². The first kappa shape index (κ1) is 13.2. The van der Waals surface area contributed by atoms with Crippen molar-refractivity contribution in [1.29, 1.82) is 0 Å². The van der Waals surface area contributed by atoms with E-state index in [1.165, 1.54) is 0 Å². The molecule has 104 valence electrons. The van der Waals surface area contributed by atoms with Gasteiger partial charge in [0, 0.05) is 24.7 Å². The van der Waals surface area contributed by atoms with Gasteiger partial charge >= 0.3 is 0 Å². The van der Waals surface area contributed by atoms with E-state index < -0.39 is 0 Å². The van der Waals surface area contributed by atoms with Gasteiger partial charge < -0.3 is 9.64 Å². The van der Waals surface area contributed by atoms with Crippen LogP contribution in [0.2, 0.25) is 5.15 Å². The molecule has 0 atom stereocenters. The van der Waals surface area contributed by atoms with Crippen molar-refractivity contribution >= 4 is 28.3 Å². The Labute approximate surface area is 122 Å².